The largest absolute Gasteiger partial charge is 0.380 e. The number of hydrogen-bond acceptors (Lipinski definition) is 3. The molecule has 1 fully saturated rings. The van der Waals surface area contributed by atoms with Gasteiger partial charge in [0.05, 0.1) is 23.0 Å². The lowest BCUT2D eigenvalue weighted by Gasteiger charge is -2.23. The minimum atomic E-state index is -0.442. The SMILES string of the molecule is CCCCC1CCCC1Nc1c(C(N)=O)cnn2cc(-c3ccccc3)cc12. The lowest BCUT2D eigenvalue weighted by atomic mass is 9.96. The van der Waals surface area contributed by atoms with E-state index >= 15 is 0 Å². The van der Waals surface area contributed by atoms with Crippen molar-refractivity contribution in [3.8, 4) is 11.1 Å². The summed E-state index contributed by atoms with van der Waals surface area (Å²) in [6, 6.07) is 12.7. The molecule has 1 aliphatic rings. The van der Waals surface area contributed by atoms with Crippen LogP contribution in [-0.4, -0.2) is 21.6 Å². The van der Waals surface area contributed by atoms with Crippen LogP contribution in [0.4, 0.5) is 5.69 Å². The zero-order chi connectivity index (χ0) is 19.5. The summed E-state index contributed by atoms with van der Waals surface area (Å²) in [6.07, 6.45) is 10.9. The van der Waals surface area contributed by atoms with Crippen LogP contribution in [0, 0.1) is 5.92 Å². The van der Waals surface area contributed by atoms with Crippen molar-refractivity contribution < 1.29 is 4.79 Å². The highest BCUT2D eigenvalue weighted by atomic mass is 16.1. The number of primary amides is 1. The first-order valence-electron chi connectivity index (χ1n) is 10.3. The van der Waals surface area contributed by atoms with E-state index < -0.39 is 5.91 Å². The second-order valence-corrected chi connectivity index (χ2v) is 7.81. The average Bonchev–Trinajstić information content (AvgIpc) is 3.34. The third-order valence-corrected chi connectivity index (χ3v) is 5.93. The Balaban J connectivity index is 1.73. The molecule has 5 heteroatoms. The highest BCUT2D eigenvalue weighted by Crippen LogP contribution is 2.35. The molecule has 2 heterocycles. The number of carbonyl (C=O) groups excluding carboxylic acids is 1. The molecule has 2 atom stereocenters. The van der Waals surface area contributed by atoms with Gasteiger partial charge >= 0.3 is 0 Å². The predicted octanol–water partition coefficient (Wildman–Crippen LogP) is 4.87. The first-order chi connectivity index (χ1) is 13.7. The van der Waals surface area contributed by atoms with Crippen molar-refractivity contribution in [2.75, 3.05) is 5.32 Å². The van der Waals surface area contributed by atoms with Gasteiger partial charge in [-0.1, -0.05) is 56.5 Å². The first-order valence-corrected chi connectivity index (χ1v) is 10.3. The van der Waals surface area contributed by atoms with Gasteiger partial charge in [-0.05, 0) is 36.8 Å². The van der Waals surface area contributed by atoms with Gasteiger partial charge in [0.1, 0.15) is 0 Å². The molecule has 146 valence electrons. The fourth-order valence-electron chi connectivity index (χ4n) is 4.41. The molecule has 3 N–H and O–H groups in total. The second-order valence-electron chi connectivity index (χ2n) is 7.81. The van der Waals surface area contributed by atoms with Crippen LogP contribution in [0.3, 0.4) is 0 Å². The van der Waals surface area contributed by atoms with Crippen molar-refractivity contribution in [2.45, 2.75) is 51.5 Å². The van der Waals surface area contributed by atoms with Crippen molar-refractivity contribution in [3.05, 3.63) is 54.4 Å². The van der Waals surface area contributed by atoms with E-state index in [9.17, 15) is 4.79 Å². The molecule has 2 aromatic heterocycles. The number of hydrogen-bond donors (Lipinski definition) is 2. The third-order valence-electron chi connectivity index (χ3n) is 5.93. The summed E-state index contributed by atoms with van der Waals surface area (Å²) in [6.45, 7) is 2.24. The number of unbranched alkanes of at least 4 members (excludes halogenated alkanes) is 1. The number of nitrogens with two attached hydrogens (primary N) is 1. The van der Waals surface area contributed by atoms with Crippen molar-refractivity contribution in [2.24, 2.45) is 11.7 Å². The average molecular weight is 377 g/mol. The Morgan fingerprint density at radius 1 is 1.25 bits per heavy atom. The molecule has 1 aliphatic carbocycles. The van der Waals surface area contributed by atoms with Gasteiger partial charge in [0.15, 0.2) is 0 Å². The van der Waals surface area contributed by atoms with Gasteiger partial charge in [0.2, 0.25) is 0 Å². The smallest absolute Gasteiger partial charge is 0.252 e. The Bertz CT molecular complexity index is 963. The van der Waals surface area contributed by atoms with Gasteiger partial charge in [-0.15, -0.1) is 0 Å². The van der Waals surface area contributed by atoms with Gasteiger partial charge in [-0.25, -0.2) is 4.52 Å². The van der Waals surface area contributed by atoms with E-state index in [1.165, 1.54) is 32.1 Å². The van der Waals surface area contributed by atoms with E-state index in [2.05, 4.69) is 35.5 Å². The maximum Gasteiger partial charge on any atom is 0.252 e. The van der Waals surface area contributed by atoms with Crippen LogP contribution in [0.25, 0.3) is 16.6 Å². The minimum absolute atomic E-state index is 0.380. The molecule has 5 nitrogen and oxygen atoms in total. The van der Waals surface area contributed by atoms with E-state index in [1.807, 2.05) is 28.9 Å². The summed E-state index contributed by atoms with van der Waals surface area (Å²) < 4.78 is 1.84. The van der Waals surface area contributed by atoms with Gasteiger partial charge in [0, 0.05) is 17.8 Å². The van der Waals surface area contributed by atoms with E-state index in [1.54, 1.807) is 6.20 Å². The topological polar surface area (TPSA) is 72.4 Å². The maximum atomic E-state index is 12.1. The van der Waals surface area contributed by atoms with Gasteiger partial charge in [-0.2, -0.15) is 5.10 Å². The van der Waals surface area contributed by atoms with Crippen LogP contribution in [0.5, 0.6) is 0 Å². The lowest BCUT2D eigenvalue weighted by molar-refractivity contribution is 0.100. The van der Waals surface area contributed by atoms with E-state index in [4.69, 9.17) is 5.73 Å². The molecular weight excluding hydrogens is 348 g/mol. The number of rotatable bonds is 7. The summed E-state index contributed by atoms with van der Waals surface area (Å²) in [5.74, 6) is 0.209. The third kappa shape index (κ3) is 3.61. The first kappa shape index (κ1) is 18.5. The highest BCUT2D eigenvalue weighted by Gasteiger charge is 2.28. The molecule has 1 aromatic carbocycles. The predicted molar refractivity (Wildman–Crippen MR) is 113 cm³/mol. The monoisotopic (exact) mass is 376 g/mol. The number of carbonyl (C=O) groups is 1. The Morgan fingerprint density at radius 2 is 2.07 bits per heavy atom. The number of aromatic nitrogens is 2. The molecule has 28 heavy (non-hydrogen) atoms. The van der Waals surface area contributed by atoms with Crippen LogP contribution in [0.1, 0.15) is 55.8 Å². The molecule has 0 saturated heterocycles. The molecule has 0 radical (unpaired) electrons. The summed E-state index contributed by atoms with van der Waals surface area (Å²) in [4.78, 5) is 12.1. The van der Waals surface area contributed by atoms with E-state index in [0.717, 1.165) is 28.8 Å². The Labute approximate surface area is 165 Å². The van der Waals surface area contributed by atoms with Crippen molar-refractivity contribution in [1.29, 1.82) is 0 Å². The number of nitrogens with zero attached hydrogens (tertiary/aromatic N) is 2. The molecule has 3 aromatic rings. The quantitative estimate of drug-likeness (QED) is 0.618. The van der Waals surface area contributed by atoms with Gasteiger partial charge < -0.3 is 11.1 Å². The molecular formula is C23H28N4O. The maximum absolute atomic E-state index is 12.1. The normalized spacial score (nSPS) is 19.2. The molecule has 0 spiro atoms. The van der Waals surface area contributed by atoms with Crippen LogP contribution in [0.2, 0.25) is 0 Å². The van der Waals surface area contributed by atoms with E-state index in [-0.39, 0.29) is 0 Å². The standard InChI is InChI=1S/C23H28N4O/c1-2-3-8-17-11-7-12-20(17)26-22-19(23(24)28)14-25-27-15-18(13-21(22)27)16-9-5-4-6-10-16/h4-6,9-10,13-15,17,20,26H,2-3,7-8,11-12H2,1H3,(H2,24,28). The van der Waals surface area contributed by atoms with Gasteiger partial charge in [-0.3, -0.25) is 4.79 Å². The van der Waals surface area contributed by atoms with Gasteiger partial charge in [0.25, 0.3) is 5.91 Å². The number of fused-ring (bicyclic) bond motifs is 1. The van der Waals surface area contributed by atoms with Crippen molar-refractivity contribution in [3.63, 3.8) is 0 Å². The Hall–Kier alpha value is -2.82. The molecule has 4 rings (SSSR count). The lowest BCUT2D eigenvalue weighted by Crippen LogP contribution is -2.26. The summed E-state index contributed by atoms with van der Waals surface area (Å²) in [7, 11) is 0. The summed E-state index contributed by atoms with van der Waals surface area (Å²) in [5.41, 5.74) is 10.1. The fourth-order valence-corrected chi connectivity index (χ4v) is 4.41. The molecule has 1 saturated carbocycles. The highest BCUT2D eigenvalue weighted by molar-refractivity contribution is 6.02. The molecule has 0 bridgehead atoms. The Kier molecular flexibility index (Phi) is 5.33. The number of amides is 1. The number of anilines is 1. The second kappa shape index (κ2) is 8.05. The van der Waals surface area contributed by atoms with Crippen molar-refractivity contribution in [1.82, 2.24) is 9.61 Å². The Morgan fingerprint density at radius 3 is 2.82 bits per heavy atom. The number of benzene rings is 1. The zero-order valence-electron chi connectivity index (χ0n) is 16.4. The van der Waals surface area contributed by atoms with Crippen LogP contribution in [-0.2, 0) is 0 Å². The zero-order valence-corrected chi connectivity index (χ0v) is 16.4. The van der Waals surface area contributed by atoms with E-state index in [0.29, 0.717) is 17.5 Å². The minimum Gasteiger partial charge on any atom is -0.380 e. The molecule has 2 unspecified atom stereocenters. The number of nitrogens with one attached hydrogen (secondary N) is 1. The summed E-state index contributed by atoms with van der Waals surface area (Å²) >= 11 is 0. The fraction of sp³-hybridized carbons (Fsp3) is 0.391. The van der Waals surface area contributed by atoms with Crippen LogP contribution < -0.4 is 11.1 Å². The van der Waals surface area contributed by atoms with Crippen LogP contribution >= 0.6 is 0 Å². The molecule has 1 amide bonds. The molecule has 0 aliphatic heterocycles. The van der Waals surface area contributed by atoms with Crippen molar-refractivity contribution >= 4 is 17.1 Å². The van der Waals surface area contributed by atoms with Crippen LogP contribution in [0.15, 0.2) is 48.8 Å². The summed E-state index contributed by atoms with van der Waals surface area (Å²) in [5, 5.41) is 8.12.